The third kappa shape index (κ3) is 5.08. The summed E-state index contributed by atoms with van der Waals surface area (Å²) in [4.78, 5) is 36.1. The summed E-state index contributed by atoms with van der Waals surface area (Å²) in [6.45, 7) is 2.95. The zero-order chi connectivity index (χ0) is 24.3. The molecule has 3 aromatic rings. The Balaban J connectivity index is 1.58. The normalized spacial score (nSPS) is 15.9. The number of aliphatic hydroxyl groups is 2. The minimum Gasteiger partial charge on any atom is -0.492 e. The van der Waals surface area contributed by atoms with Gasteiger partial charge in [-0.15, -0.1) is 0 Å². The fourth-order valence-electron chi connectivity index (χ4n) is 3.74. The summed E-state index contributed by atoms with van der Waals surface area (Å²) in [6.07, 6.45) is 1.43. The average Bonchev–Trinajstić information content (AvgIpc) is 2.81. The number of hydrogen-bond donors (Lipinski definition) is 3. The lowest BCUT2D eigenvalue weighted by Crippen LogP contribution is -2.55. The Labute approximate surface area is 200 Å². The summed E-state index contributed by atoms with van der Waals surface area (Å²) < 4.78 is 7.19. The summed E-state index contributed by atoms with van der Waals surface area (Å²) in [6, 6.07) is 10.0. The number of carbonyl (C=O) groups is 1. The molecule has 1 aliphatic rings. The van der Waals surface area contributed by atoms with E-state index in [1.54, 1.807) is 41.3 Å². The molecule has 0 atom stereocenters. The fraction of sp³-hybridized carbons (Fsp3) is 0.348. The molecule has 1 amide bonds. The van der Waals surface area contributed by atoms with Crippen LogP contribution in [0.3, 0.4) is 0 Å². The molecule has 2 aromatic carbocycles. The quantitative estimate of drug-likeness (QED) is 0.332. The predicted molar refractivity (Wildman–Crippen MR) is 128 cm³/mol. The first-order chi connectivity index (χ1) is 16.3. The number of carbonyl (C=O) groups excluding carboxylic acids is 1. The summed E-state index contributed by atoms with van der Waals surface area (Å²) in [5, 5.41) is 20.5. The molecule has 0 saturated carbocycles. The van der Waals surface area contributed by atoms with Crippen molar-refractivity contribution in [1.82, 2.24) is 19.9 Å². The van der Waals surface area contributed by atoms with E-state index in [9.17, 15) is 19.8 Å². The highest BCUT2D eigenvalue weighted by atomic mass is 32.2. The second-order valence-electron chi connectivity index (χ2n) is 7.90. The molecule has 180 valence electrons. The van der Waals surface area contributed by atoms with Crippen molar-refractivity contribution < 1.29 is 24.6 Å². The zero-order valence-corrected chi connectivity index (χ0v) is 19.7. The molecule has 1 saturated heterocycles. The van der Waals surface area contributed by atoms with Gasteiger partial charge in [-0.05, 0) is 42.8 Å². The molecule has 4 rings (SSSR count). The van der Waals surface area contributed by atoms with Gasteiger partial charge in [-0.1, -0.05) is 6.07 Å². The van der Waals surface area contributed by atoms with E-state index in [4.69, 9.17) is 4.74 Å². The van der Waals surface area contributed by atoms with Gasteiger partial charge < -0.3 is 14.9 Å². The number of fused-ring (bicyclic) bond motifs is 1. The van der Waals surface area contributed by atoms with Crippen LogP contribution in [0.4, 0.5) is 0 Å². The van der Waals surface area contributed by atoms with Crippen molar-refractivity contribution >= 4 is 28.6 Å². The molecule has 3 N–H and O–H groups in total. The molecule has 1 aromatic heterocycles. The molecular weight excluding hydrogens is 460 g/mol. The smallest absolute Gasteiger partial charge is 0.274 e. The van der Waals surface area contributed by atoms with Crippen molar-refractivity contribution in [2.24, 2.45) is 0 Å². The first-order valence-corrected chi connectivity index (χ1v) is 11.8. The van der Waals surface area contributed by atoms with Gasteiger partial charge in [0, 0.05) is 24.4 Å². The van der Waals surface area contributed by atoms with Crippen molar-refractivity contribution in [2.45, 2.75) is 12.8 Å². The van der Waals surface area contributed by atoms with E-state index in [0.29, 0.717) is 41.0 Å². The topological polar surface area (TPSA) is 126 Å². The SMILES string of the molecule is CONC(=O)c1ccc(C)c(-n2cnc3ccc(OCCN4CCSCC4(O)O)cc3c2=O)c1. The second-order valence-corrected chi connectivity index (χ2v) is 9.00. The monoisotopic (exact) mass is 486 g/mol. The van der Waals surface area contributed by atoms with E-state index in [1.165, 1.54) is 29.8 Å². The molecule has 0 unspecified atom stereocenters. The van der Waals surface area contributed by atoms with E-state index >= 15 is 0 Å². The third-order valence-corrected chi connectivity index (χ3v) is 6.66. The molecule has 0 aliphatic carbocycles. The molecule has 34 heavy (non-hydrogen) atoms. The molecule has 1 fully saturated rings. The Kier molecular flexibility index (Phi) is 7.19. The van der Waals surface area contributed by atoms with Crippen LogP contribution in [0, 0.1) is 6.92 Å². The van der Waals surface area contributed by atoms with Crippen LogP contribution in [0.15, 0.2) is 47.5 Å². The maximum Gasteiger partial charge on any atom is 0.274 e. The number of rotatable bonds is 7. The number of benzene rings is 2. The largest absolute Gasteiger partial charge is 0.492 e. The summed E-state index contributed by atoms with van der Waals surface area (Å²) >= 11 is 1.49. The molecule has 2 heterocycles. The molecule has 0 bridgehead atoms. The van der Waals surface area contributed by atoms with Gasteiger partial charge in [0.15, 0.2) is 0 Å². The van der Waals surface area contributed by atoms with Crippen molar-refractivity contribution in [3.8, 4) is 11.4 Å². The molecule has 10 nitrogen and oxygen atoms in total. The highest BCUT2D eigenvalue weighted by Crippen LogP contribution is 2.23. The zero-order valence-electron chi connectivity index (χ0n) is 18.9. The number of aromatic nitrogens is 2. The summed E-state index contributed by atoms with van der Waals surface area (Å²) in [5.74, 6) is -0.759. The number of ether oxygens (including phenoxy) is 1. The average molecular weight is 487 g/mol. The number of hydrogen-bond acceptors (Lipinski definition) is 9. The van der Waals surface area contributed by atoms with E-state index in [0.717, 1.165) is 11.3 Å². The van der Waals surface area contributed by atoms with Crippen LogP contribution in [0.2, 0.25) is 0 Å². The van der Waals surface area contributed by atoms with Gasteiger partial charge in [-0.3, -0.25) is 19.0 Å². The van der Waals surface area contributed by atoms with Crippen molar-refractivity contribution in [3.63, 3.8) is 0 Å². The summed E-state index contributed by atoms with van der Waals surface area (Å²) in [5.41, 5.74) is 4.13. The second kappa shape index (κ2) is 10.1. The lowest BCUT2D eigenvalue weighted by atomic mass is 10.1. The van der Waals surface area contributed by atoms with E-state index in [2.05, 4.69) is 15.3 Å². The minimum absolute atomic E-state index is 0.224. The number of amides is 1. The predicted octanol–water partition coefficient (Wildman–Crippen LogP) is 1.05. The van der Waals surface area contributed by atoms with Crippen LogP contribution in [0.25, 0.3) is 16.6 Å². The van der Waals surface area contributed by atoms with Crippen LogP contribution < -0.4 is 15.8 Å². The fourth-order valence-corrected chi connectivity index (χ4v) is 4.69. The maximum atomic E-state index is 13.3. The number of nitrogens with one attached hydrogen (secondary N) is 1. The lowest BCUT2D eigenvalue weighted by Gasteiger charge is -2.38. The third-order valence-electron chi connectivity index (χ3n) is 5.59. The van der Waals surface area contributed by atoms with E-state index in [1.807, 2.05) is 6.92 Å². The van der Waals surface area contributed by atoms with Gasteiger partial charge >= 0.3 is 0 Å². The molecule has 0 radical (unpaired) electrons. The van der Waals surface area contributed by atoms with Crippen LogP contribution >= 0.6 is 11.8 Å². The van der Waals surface area contributed by atoms with Crippen LogP contribution in [-0.2, 0) is 4.84 Å². The van der Waals surface area contributed by atoms with Crippen LogP contribution in [-0.4, -0.2) is 74.8 Å². The van der Waals surface area contributed by atoms with Crippen molar-refractivity contribution in [1.29, 1.82) is 0 Å². The Bertz CT molecular complexity index is 1260. The lowest BCUT2D eigenvalue weighted by molar-refractivity contribution is -0.248. The minimum atomic E-state index is -1.85. The number of nitrogens with zero attached hydrogens (tertiary/aromatic N) is 3. The first kappa shape index (κ1) is 24.2. The van der Waals surface area contributed by atoms with Gasteiger partial charge in [0.1, 0.15) is 18.7 Å². The Morgan fingerprint density at radius 3 is 2.85 bits per heavy atom. The van der Waals surface area contributed by atoms with E-state index < -0.39 is 11.8 Å². The number of thioether (sulfide) groups is 1. The Morgan fingerprint density at radius 2 is 2.09 bits per heavy atom. The molecule has 1 aliphatic heterocycles. The van der Waals surface area contributed by atoms with Gasteiger partial charge in [0.2, 0.25) is 5.91 Å². The number of hydroxylamine groups is 1. The van der Waals surface area contributed by atoms with Gasteiger partial charge in [0.05, 0.1) is 29.5 Å². The maximum absolute atomic E-state index is 13.3. The van der Waals surface area contributed by atoms with Crippen molar-refractivity contribution in [3.05, 3.63) is 64.2 Å². The van der Waals surface area contributed by atoms with Gasteiger partial charge in [-0.2, -0.15) is 11.8 Å². The molecule has 0 spiro atoms. The first-order valence-electron chi connectivity index (χ1n) is 10.7. The molecular formula is C23H26N4O6S. The van der Waals surface area contributed by atoms with Crippen molar-refractivity contribution in [2.75, 3.05) is 38.3 Å². The van der Waals surface area contributed by atoms with Crippen LogP contribution in [0.5, 0.6) is 5.75 Å². The highest BCUT2D eigenvalue weighted by Gasteiger charge is 2.34. The van der Waals surface area contributed by atoms with Gasteiger partial charge in [0.25, 0.3) is 11.5 Å². The number of aryl methyl sites for hydroxylation is 1. The van der Waals surface area contributed by atoms with Crippen LogP contribution in [0.1, 0.15) is 15.9 Å². The van der Waals surface area contributed by atoms with E-state index in [-0.39, 0.29) is 17.9 Å². The standard InChI is InChI=1S/C23H26N4O6S/c1-15-3-4-16(21(28)25-32-2)11-20(15)27-14-24-19-6-5-17(12-18(19)22(27)29)33-9-7-26-8-10-34-13-23(26,30)31/h3-6,11-12,14,30-31H,7-10,13H2,1-2H3,(H,25,28). The van der Waals surface area contributed by atoms with Gasteiger partial charge in [-0.25, -0.2) is 15.4 Å². The molecule has 11 heteroatoms. The highest BCUT2D eigenvalue weighted by molar-refractivity contribution is 7.99. The Hall–Kier alpha value is -2.96. The summed E-state index contributed by atoms with van der Waals surface area (Å²) in [7, 11) is 1.35. The Morgan fingerprint density at radius 1 is 1.26 bits per heavy atom.